The van der Waals surface area contributed by atoms with Gasteiger partial charge in [-0.25, -0.2) is 5.06 Å². The number of benzene rings is 3. The molecule has 2 saturated heterocycles. The number of rotatable bonds is 4. The molecule has 6 nitrogen and oxygen atoms in total. The molecule has 2 amide bonds. The molecule has 5 rings (SSSR count). The highest BCUT2D eigenvalue weighted by atomic mass is 16.7. The van der Waals surface area contributed by atoms with Gasteiger partial charge in [0.1, 0.15) is 11.7 Å². The molecule has 0 unspecified atom stereocenters. The van der Waals surface area contributed by atoms with Crippen LogP contribution in [0.1, 0.15) is 17.2 Å². The smallest absolute Gasteiger partial charge is 0.262 e. The third-order valence-corrected chi connectivity index (χ3v) is 5.64. The van der Waals surface area contributed by atoms with Crippen LogP contribution in [0.2, 0.25) is 0 Å². The summed E-state index contributed by atoms with van der Waals surface area (Å²) in [6, 6.07) is 25.1. The van der Waals surface area contributed by atoms with Crippen molar-refractivity contribution in [1.29, 1.82) is 0 Å². The van der Waals surface area contributed by atoms with Gasteiger partial charge in [-0.2, -0.15) is 0 Å². The number of anilines is 1. The minimum absolute atomic E-state index is 0.139. The number of fused-ring (bicyclic) bond motifs is 1. The molecule has 150 valence electrons. The first-order chi connectivity index (χ1) is 14.6. The molecule has 0 radical (unpaired) electrons. The van der Waals surface area contributed by atoms with Crippen molar-refractivity contribution in [3.8, 4) is 5.75 Å². The molecule has 0 aliphatic carbocycles. The van der Waals surface area contributed by atoms with Crippen LogP contribution in [0.25, 0.3) is 0 Å². The van der Waals surface area contributed by atoms with Crippen LogP contribution in [0.4, 0.5) is 5.69 Å². The minimum Gasteiger partial charge on any atom is -0.508 e. The molecule has 2 aliphatic heterocycles. The Kier molecular flexibility index (Phi) is 4.48. The van der Waals surface area contributed by atoms with Crippen molar-refractivity contribution < 1.29 is 19.5 Å². The predicted octanol–water partition coefficient (Wildman–Crippen LogP) is 3.44. The minimum atomic E-state index is -0.875. The molecule has 2 fully saturated rings. The van der Waals surface area contributed by atoms with E-state index in [1.807, 2.05) is 60.7 Å². The lowest BCUT2D eigenvalue weighted by molar-refractivity contribution is -0.143. The number of nitrogens with zero attached hydrogens (tertiary/aromatic N) is 2. The second kappa shape index (κ2) is 7.31. The van der Waals surface area contributed by atoms with Crippen LogP contribution >= 0.6 is 0 Å². The third-order valence-electron chi connectivity index (χ3n) is 5.64. The summed E-state index contributed by atoms with van der Waals surface area (Å²) in [6.07, 6.45) is -0.875. The molecule has 0 saturated carbocycles. The van der Waals surface area contributed by atoms with Gasteiger partial charge in [-0.15, -0.1) is 0 Å². The third kappa shape index (κ3) is 3.02. The van der Waals surface area contributed by atoms with E-state index >= 15 is 0 Å². The number of imide groups is 1. The zero-order chi connectivity index (χ0) is 20.7. The van der Waals surface area contributed by atoms with Gasteiger partial charge in [-0.1, -0.05) is 60.7 Å². The first-order valence-electron chi connectivity index (χ1n) is 9.82. The first-order valence-corrected chi connectivity index (χ1v) is 9.82. The van der Waals surface area contributed by atoms with Gasteiger partial charge in [0, 0.05) is 0 Å². The Morgan fingerprint density at radius 1 is 0.800 bits per heavy atom. The molecule has 2 aliphatic rings. The Hall–Kier alpha value is -3.64. The zero-order valence-corrected chi connectivity index (χ0v) is 16.1. The molecule has 3 aromatic carbocycles. The number of phenols is 1. The van der Waals surface area contributed by atoms with E-state index in [4.69, 9.17) is 4.84 Å². The Balaban J connectivity index is 1.52. The summed E-state index contributed by atoms with van der Waals surface area (Å²) < 4.78 is 0. The zero-order valence-electron chi connectivity index (χ0n) is 16.1. The van der Waals surface area contributed by atoms with Crippen LogP contribution in [0.15, 0.2) is 84.9 Å². The Morgan fingerprint density at radius 3 is 2.10 bits per heavy atom. The molecule has 30 heavy (non-hydrogen) atoms. The average molecular weight is 400 g/mol. The summed E-state index contributed by atoms with van der Waals surface area (Å²) in [5.74, 6) is -1.09. The number of para-hydroxylation sites is 1. The van der Waals surface area contributed by atoms with Gasteiger partial charge in [0.05, 0.1) is 18.3 Å². The van der Waals surface area contributed by atoms with E-state index in [9.17, 15) is 14.7 Å². The normalized spacial score (nSPS) is 23.1. The van der Waals surface area contributed by atoms with Crippen molar-refractivity contribution in [3.63, 3.8) is 0 Å². The molecule has 0 spiro atoms. The van der Waals surface area contributed by atoms with E-state index in [1.165, 1.54) is 4.90 Å². The topological polar surface area (TPSA) is 70.1 Å². The number of carbonyl (C=O) groups excluding carboxylic acids is 2. The second-order valence-corrected chi connectivity index (χ2v) is 7.50. The average Bonchev–Trinajstić information content (AvgIpc) is 3.28. The van der Waals surface area contributed by atoms with Crippen LogP contribution in [-0.2, 0) is 21.0 Å². The summed E-state index contributed by atoms with van der Waals surface area (Å²) in [4.78, 5) is 33.9. The van der Waals surface area contributed by atoms with Crippen molar-refractivity contribution in [2.24, 2.45) is 5.92 Å². The van der Waals surface area contributed by atoms with Gasteiger partial charge in [0.2, 0.25) is 5.91 Å². The van der Waals surface area contributed by atoms with Crippen molar-refractivity contribution in [1.82, 2.24) is 4.90 Å². The molecular weight excluding hydrogens is 380 g/mol. The van der Waals surface area contributed by atoms with E-state index < -0.39 is 18.1 Å². The fraction of sp³-hybridized carbons (Fsp3) is 0.167. The van der Waals surface area contributed by atoms with Crippen LogP contribution in [0.3, 0.4) is 0 Å². The monoisotopic (exact) mass is 400 g/mol. The summed E-state index contributed by atoms with van der Waals surface area (Å²) >= 11 is 0. The van der Waals surface area contributed by atoms with E-state index in [0.717, 1.165) is 16.8 Å². The molecule has 1 N–H and O–H groups in total. The number of hydrogen-bond donors (Lipinski definition) is 1. The van der Waals surface area contributed by atoms with Gasteiger partial charge in [0.25, 0.3) is 5.91 Å². The SMILES string of the molecule is O=C1[C@@H]2[C@H](ON(c3ccccc3)[C@H]2c2ccc(O)cc2)C(=O)N1Cc1ccccc1. The first kappa shape index (κ1) is 18.4. The van der Waals surface area contributed by atoms with E-state index in [2.05, 4.69) is 0 Å². The molecule has 2 heterocycles. The number of hydrogen-bond acceptors (Lipinski definition) is 5. The van der Waals surface area contributed by atoms with Crippen molar-refractivity contribution in [2.45, 2.75) is 18.7 Å². The predicted molar refractivity (Wildman–Crippen MR) is 110 cm³/mol. The van der Waals surface area contributed by atoms with Gasteiger partial charge in [0.15, 0.2) is 6.10 Å². The summed E-state index contributed by atoms with van der Waals surface area (Å²) in [5.41, 5.74) is 2.45. The second-order valence-electron chi connectivity index (χ2n) is 7.50. The number of hydroxylamine groups is 1. The van der Waals surface area contributed by atoms with Gasteiger partial charge < -0.3 is 5.11 Å². The number of aromatic hydroxyl groups is 1. The maximum Gasteiger partial charge on any atom is 0.262 e. The lowest BCUT2D eigenvalue weighted by Gasteiger charge is -2.28. The number of likely N-dealkylation sites (tertiary alicyclic amines) is 1. The van der Waals surface area contributed by atoms with Crippen LogP contribution < -0.4 is 5.06 Å². The molecule has 3 aromatic rings. The van der Waals surface area contributed by atoms with Crippen molar-refractivity contribution in [2.75, 3.05) is 5.06 Å². The highest BCUT2D eigenvalue weighted by molar-refractivity contribution is 6.07. The molecule has 3 atom stereocenters. The van der Waals surface area contributed by atoms with E-state index in [0.29, 0.717) is 0 Å². The van der Waals surface area contributed by atoms with Crippen LogP contribution in [0, 0.1) is 5.92 Å². The summed E-state index contributed by atoms with van der Waals surface area (Å²) in [7, 11) is 0. The van der Waals surface area contributed by atoms with Crippen LogP contribution in [0.5, 0.6) is 5.75 Å². The lowest BCUT2D eigenvalue weighted by Crippen LogP contribution is -2.36. The van der Waals surface area contributed by atoms with E-state index in [-0.39, 0.29) is 24.1 Å². The van der Waals surface area contributed by atoms with E-state index in [1.54, 1.807) is 29.3 Å². The summed E-state index contributed by atoms with van der Waals surface area (Å²) in [5, 5.41) is 11.3. The standard InChI is InChI=1S/C24H20N2O4/c27-19-13-11-17(12-14-19)21-20-22(30-26(21)18-9-5-2-6-10-18)24(29)25(23(20)28)15-16-7-3-1-4-8-16/h1-14,20-22,27H,15H2/t20-,21-,22-/m0/s1. The number of carbonyl (C=O) groups is 2. The maximum absolute atomic E-state index is 13.4. The lowest BCUT2D eigenvalue weighted by atomic mass is 9.90. The van der Waals surface area contributed by atoms with Gasteiger partial charge >= 0.3 is 0 Å². The van der Waals surface area contributed by atoms with Crippen molar-refractivity contribution in [3.05, 3.63) is 96.1 Å². The molecule has 0 bridgehead atoms. The molecule has 6 heteroatoms. The Bertz CT molecular complexity index is 1070. The number of phenolic OH excluding ortho intramolecular Hbond substituents is 1. The fourth-order valence-electron chi connectivity index (χ4n) is 4.20. The largest absolute Gasteiger partial charge is 0.508 e. The Morgan fingerprint density at radius 2 is 1.43 bits per heavy atom. The fourth-order valence-corrected chi connectivity index (χ4v) is 4.20. The van der Waals surface area contributed by atoms with Gasteiger partial charge in [-0.05, 0) is 35.4 Å². The molecule has 0 aromatic heterocycles. The van der Waals surface area contributed by atoms with Crippen LogP contribution in [-0.4, -0.2) is 27.9 Å². The summed E-state index contributed by atoms with van der Waals surface area (Å²) in [6.45, 7) is 0.225. The van der Waals surface area contributed by atoms with Crippen molar-refractivity contribution >= 4 is 17.5 Å². The number of amides is 2. The quantitative estimate of drug-likeness (QED) is 0.680. The highest BCUT2D eigenvalue weighted by Gasteiger charge is 2.59. The maximum atomic E-state index is 13.4. The highest BCUT2D eigenvalue weighted by Crippen LogP contribution is 2.47. The van der Waals surface area contributed by atoms with Gasteiger partial charge in [-0.3, -0.25) is 19.3 Å². The molecular formula is C24H20N2O4. The Labute approximate surface area is 173 Å².